The highest BCUT2D eigenvalue weighted by Crippen LogP contribution is 2.40. The van der Waals surface area contributed by atoms with Crippen molar-refractivity contribution in [1.29, 1.82) is 0 Å². The van der Waals surface area contributed by atoms with Gasteiger partial charge in [0.2, 0.25) is 0 Å². The van der Waals surface area contributed by atoms with Crippen molar-refractivity contribution in [3.63, 3.8) is 0 Å². The van der Waals surface area contributed by atoms with E-state index in [1.54, 1.807) is 0 Å². The van der Waals surface area contributed by atoms with Gasteiger partial charge in [-0.05, 0) is 60.6 Å². The number of para-hydroxylation sites is 1. The predicted octanol–water partition coefficient (Wildman–Crippen LogP) is 7.25. The van der Waals surface area contributed by atoms with E-state index in [0.717, 1.165) is 53.9 Å². The van der Waals surface area contributed by atoms with Crippen LogP contribution in [0.15, 0.2) is 78.0 Å². The standard InChI is InChI=1S/C34H35N5O2/c1-2-3-10-32(40)30-9-5-8-29-31(36-23-37-33(29)30)17-18-35-22-24-6-4-7-28(21-24)39(19-20-39)34(41)38-27-15-13-26(14-16-27)25-11-12-25/h4-9,13-16,18,21,23,25H,2-3,10-12,17,19-20,22H2,1H3/p+1. The smallest absolute Gasteiger partial charge is 0.294 e. The van der Waals surface area contributed by atoms with Crippen LogP contribution in [0.5, 0.6) is 0 Å². The van der Waals surface area contributed by atoms with Gasteiger partial charge in [0.1, 0.15) is 25.1 Å². The zero-order chi connectivity index (χ0) is 28.2. The monoisotopic (exact) mass is 546 g/mol. The molecular weight excluding hydrogens is 510 g/mol. The van der Waals surface area contributed by atoms with Crippen LogP contribution >= 0.6 is 0 Å². The number of rotatable bonds is 11. The summed E-state index contributed by atoms with van der Waals surface area (Å²) < 4.78 is 0.314. The molecule has 0 spiro atoms. The highest BCUT2D eigenvalue weighted by molar-refractivity contribution is 6.07. The Kier molecular flexibility index (Phi) is 7.70. The maximum Gasteiger partial charge on any atom is 0.426 e. The van der Waals surface area contributed by atoms with Crippen molar-refractivity contribution < 1.29 is 9.59 Å². The second-order valence-corrected chi connectivity index (χ2v) is 11.2. The van der Waals surface area contributed by atoms with Gasteiger partial charge in [-0.3, -0.25) is 15.1 Å². The lowest BCUT2D eigenvalue weighted by Crippen LogP contribution is -2.38. The largest absolute Gasteiger partial charge is 0.426 e. The molecule has 0 radical (unpaired) electrons. The molecule has 2 aliphatic rings. The summed E-state index contributed by atoms with van der Waals surface area (Å²) in [7, 11) is 0. The zero-order valence-electron chi connectivity index (χ0n) is 23.6. The van der Waals surface area contributed by atoms with Gasteiger partial charge in [0.25, 0.3) is 0 Å². The van der Waals surface area contributed by atoms with Crippen molar-refractivity contribution in [2.45, 2.75) is 57.9 Å². The molecule has 6 rings (SSSR count). The third-order valence-electron chi connectivity index (χ3n) is 8.17. The third kappa shape index (κ3) is 5.95. The number of carbonyl (C=O) groups is 2. The minimum Gasteiger partial charge on any atom is -0.294 e. The van der Waals surface area contributed by atoms with Crippen LogP contribution < -0.4 is 9.80 Å². The first-order valence-electron chi connectivity index (χ1n) is 14.7. The molecule has 1 aliphatic carbocycles. The van der Waals surface area contributed by atoms with Gasteiger partial charge in [-0.15, -0.1) is 0 Å². The molecule has 1 saturated heterocycles. The van der Waals surface area contributed by atoms with Crippen LogP contribution in [0.3, 0.4) is 0 Å². The quantitative estimate of drug-likeness (QED) is 0.0930. The molecule has 1 aliphatic heterocycles. The summed E-state index contributed by atoms with van der Waals surface area (Å²) in [4.78, 5) is 39.6. The van der Waals surface area contributed by atoms with E-state index in [2.05, 4.69) is 45.4 Å². The average Bonchev–Trinajstić information content (AvgIpc) is 3.93. The van der Waals surface area contributed by atoms with Crippen molar-refractivity contribution >= 4 is 40.3 Å². The summed E-state index contributed by atoms with van der Waals surface area (Å²) in [5.41, 5.74) is 6.49. The van der Waals surface area contributed by atoms with E-state index in [0.29, 0.717) is 40.9 Å². The van der Waals surface area contributed by atoms with Gasteiger partial charge in [0, 0.05) is 41.8 Å². The number of aliphatic imine (C=N–C) groups is 1. The summed E-state index contributed by atoms with van der Waals surface area (Å²) in [5, 5.41) is 4.02. The number of fused-ring (bicyclic) bond motifs is 1. The van der Waals surface area contributed by atoms with E-state index in [4.69, 9.17) is 0 Å². The molecule has 3 aromatic carbocycles. The lowest BCUT2D eigenvalue weighted by Gasteiger charge is -2.16. The maximum absolute atomic E-state index is 13.3. The number of nitrogens with zero attached hydrogens (tertiary/aromatic N) is 4. The fourth-order valence-electron chi connectivity index (χ4n) is 5.41. The number of hydrogen-bond donors (Lipinski definition) is 1. The number of quaternary nitrogens is 1. The summed E-state index contributed by atoms with van der Waals surface area (Å²) in [5.74, 6) is 0.831. The van der Waals surface area contributed by atoms with Crippen LogP contribution in [0.2, 0.25) is 0 Å². The Morgan fingerprint density at radius 3 is 2.59 bits per heavy atom. The number of urea groups is 1. The molecule has 208 valence electrons. The molecule has 7 nitrogen and oxygen atoms in total. The van der Waals surface area contributed by atoms with Gasteiger partial charge in [-0.1, -0.05) is 49.7 Å². The van der Waals surface area contributed by atoms with Gasteiger partial charge in [-0.25, -0.2) is 14.8 Å². The van der Waals surface area contributed by atoms with E-state index >= 15 is 0 Å². The molecule has 4 aromatic rings. The first-order chi connectivity index (χ1) is 20.1. The van der Waals surface area contributed by atoms with E-state index in [-0.39, 0.29) is 11.8 Å². The highest BCUT2D eigenvalue weighted by atomic mass is 16.2. The molecule has 1 saturated carbocycles. The molecule has 2 heterocycles. The molecule has 2 amide bonds. The van der Waals surface area contributed by atoms with Gasteiger partial charge < -0.3 is 0 Å². The van der Waals surface area contributed by atoms with Crippen LogP contribution in [0.25, 0.3) is 10.9 Å². The Bertz CT molecular complexity index is 1600. The molecule has 0 bridgehead atoms. The number of aromatic nitrogens is 2. The van der Waals surface area contributed by atoms with Crippen molar-refractivity contribution in [2.75, 3.05) is 18.4 Å². The van der Waals surface area contributed by atoms with Gasteiger partial charge in [-0.2, -0.15) is 4.48 Å². The lowest BCUT2D eigenvalue weighted by molar-refractivity contribution is 0.0981. The molecule has 0 atom stereocenters. The van der Waals surface area contributed by atoms with Gasteiger partial charge >= 0.3 is 6.03 Å². The third-order valence-corrected chi connectivity index (χ3v) is 8.17. The fraction of sp³-hybridized carbons (Fsp3) is 0.324. The number of Topliss-reactive ketones (excluding diaryl/α,β-unsaturated/α-hetero) is 1. The first kappa shape index (κ1) is 27.0. The van der Waals surface area contributed by atoms with E-state index in [1.807, 2.05) is 54.7 Å². The number of nitrogens with one attached hydrogen (secondary N) is 1. The summed E-state index contributed by atoms with van der Waals surface area (Å²) in [6, 6.07) is 22.2. The zero-order valence-corrected chi connectivity index (χ0v) is 23.6. The van der Waals surface area contributed by atoms with Gasteiger partial charge in [0.05, 0.1) is 17.8 Å². The second-order valence-electron chi connectivity index (χ2n) is 11.2. The number of ketones is 1. The molecule has 7 heteroatoms. The van der Waals surface area contributed by atoms with Crippen LogP contribution in [0.1, 0.15) is 72.1 Å². The SMILES string of the molecule is CCCCC(=O)c1cccc2c(CC=NCc3cccc([N+]4(C(=O)Nc5ccc(C6CC6)cc5)CC4)c3)ncnc12. The topological polar surface area (TPSA) is 84.3 Å². The first-order valence-corrected chi connectivity index (χ1v) is 14.7. The van der Waals surface area contributed by atoms with Crippen LogP contribution in [-0.2, 0) is 13.0 Å². The maximum atomic E-state index is 13.3. The predicted molar refractivity (Wildman–Crippen MR) is 165 cm³/mol. The number of benzene rings is 3. The van der Waals surface area contributed by atoms with Crippen molar-refractivity contribution in [3.8, 4) is 0 Å². The average molecular weight is 547 g/mol. The molecule has 1 aromatic heterocycles. The number of anilines is 1. The number of hydrogen-bond acceptors (Lipinski definition) is 5. The van der Waals surface area contributed by atoms with E-state index < -0.39 is 0 Å². The number of carbonyl (C=O) groups excluding carboxylic acids is 2. The minimum atomic E-state index is 0.00741. The Hall–Kier alpha value is -4.23. The number of unbranched alkanes of at least 4 members (excludes halogenated alkanes) is 1. The van der Waals surface area contributed by atoms with Crippen molar-refractivity contribution in [3.05, 3.63) is 95.4 Å². The summed E-state index contributed by atoms with van der Waals surface area (Å²) in [6.45, 7) is 4.19. The van der Waals surface area contributed by atoms with Crippen LogP contribution in [0.4, 0.5) is 16.2 Å². The van der Waals surface area contributed by atoms with E-state index in [1.165, 1.54) is 24.7 Å². The molecule has 1 N–H and O–H groups in total. The normalized spacial score (nSPS) is 15.7. The molecular formula is C34H36N5O2+. The Labute approximate surface area is 241 Å². The number of amides is 2. The van der Waals surface area contributed by atoms with Gasteiger partial charge in [0.15, 0.2) is 5.78 Å². The lowest BCUT2D eigenvalue weighted by atomic mass is 10.0. The highest BCUT2D eigenvalue weighted by Gasteiger charge is 2.52. The molecule has 0 unspecified atom stereocenters. The van der Waals surface area contributed by atoms with Crippen molar-refractivity contribution in [1.82, 2.24) is 14.5 Å². The Morgan fingerprint density at radius 2 is 1.83 bits per heavy atom. The second kappa shape index (κ2) is 11.7. The Balaban J connectivity index is 1.10. The van der Waals surface area contributed by atoms with E-state index in [9.17, 15) is 9.59 Å². The van der Waals surface area contributed by atoms with Crippen LogP contribution in [-0.4, -0.2) is 41.1 Å². The summed E-state index contributed by atoms with van der Waals surface area (Å²) >= 11 is 0. The fourth-order valence-corrected chi connectivity index (χ4v) is 5.41. The van der Waals surface area contributed by atoms with Crippen molar-refractivity contribution in [2.24, 2.45) is 4.99 Å². The summed E-state index contributed by atoms with van der Waals surface area (Å²) in [6.07, 6.45) is 8.89. The molecule has 2 fully saturated rings. The molecule has 41 heavy (non-hydrogen) atoms. The Morgan fingerprint density at radius 1 is 1.02 bits per heavy atom. The minimum absolute atomic E-state index is 0.00741. The van der Waals surface area contributed by atoms with Crippen LogP contribution in [0, 0.1) is 0 Å².